The van der Waals surface area contributed by atoms with E-state index in [1.165, 1.54) is 0 Å². The van der Waals surface area contributed by atoms with Crippen LogP contribution in [0.2, 0.25) is 0 Å². The molecule has 0 fully saturated rings. The minimum atomic E-state index is -0.535. The van der Waals surface area contributed by atoms with Gasteiger partial charge in [-0.2, -0.15) is 5.10 Å². The molecule has 0 aliphatic heterocycles. The van der Waals surface area contributed by atoms with Crippen molar-refractivity contribution in [2.45, 2.75) is 45.9 Å². The quantitative estimate of drug-likeness (QED) is 0.872. The summed E-state index contributed by atoms with van der Waals surface area (Å²) in [5.41, 5.74) is 1.55. The summed E-state index contributed by atoms with van der Waals surface area (Å²) >= 11 is 0. The van der Waals surface area contributed by atoms with Crippen LogP contribution >= 0.6 is 0 Å². The summed E-state index contributed by atoms with van der Waals surface area (Å²) in [6.45, 7) is 6.65. The fourth-order valence-electron chi connectivity index (χ4n) is 1.67. The molecule has 2 heterocycles. The Labute approximate surface area is 106 Å². The molecule has 6 heteroatoms. The molecule has 0 aromatic carbocycles. The number of aliphatic hydroxyl groups excluding tert-OH is 1. The van der Waals surface area contributed by atoms with Crippen molar-refractivity contribution in [2.24, 2.45) is 0 Å². The second kappa shape index (κ2) is 5.30. The highest BCUT2D eigenvalue weighted by Crippen LogP contribution is 2.12. The van der Waals surface area contributed by atoms with Crippen LogP contribution in [-0.4, -0.2) is 29.9 Å². The van der Waals surface area contributed by atoms with E-state index in [0.717, 1.165) is 5.69 Å². The highest BCUT2D eigenvalue weighted by Gasteiger charge is 2.10. The van der Waals surface area contributed by atoms with Gasteiger partial charge in [0.2, 0.25) is 0 Å². The first-order chi connectivity index (χ1) is 8.60. The topological polar surface area (TPSA) is 68.8 Å². The smallest absolute Gasteiger partial charge is 0.111 e. The fraction of sp³-hybridized carbons (Fsp3) is 0.583. The maximum atomic E-state index is 9.65. The van der Waals surface area contributed by atoms with Crippen LogP contribution < -0.4 is 0 Å². The zero-order valence-corrected chi connectivity index (χ0v) is 11.0. The first-order valence-electron chi connectivity index (χ1n) is 6.22. The third-order valence-electron chi connectivity index (χ3n) is 2.80. The molecule has 0 saturated heterocycles. The highest BCUT2D eigenvalue weighted by atomic mass is 16.3. The first-order valence-corrected chi connectivity index (χ1v) is 6.22. The van der Waals surface area contributed by atoms with E-state index in [1.807, 2.05) is 23.9 Å². The molecule has 18 heavy (non-hydrogen) atoms. The van der Waals surface area contributed by atoms with Crippen molar-refractivity contribution in [3.05, 3.63) is 29.8 Å². The third kappa shape index (κ3) is 2.76. The molecule has 2 aromatic rings. The monoisotopic (exact) mass is 249 g/mol. The molecule has 0 aliphatic carbocycles. The van der Waals surface area contributed by atoms with Crippen molar-refractivity contribution in [1.82, 2.24) is 24.8 Å². The average Bonchev–Trinajstić information content (AvgIpc) is 2.98. The second-order valence-corrected chi connectivity index (χ2v) is 4.65. The summed E-state index contributed by atoms with van der Waals surface area (Å²) in [4.78, 5) is 0. The van der Waals surface area contributed by atoms with Gasteiger partial charge >= 0.3 is 0 Å². The van der Waals surface area contributed by atoms with E-state index in [-0.39, 0.29) is 0 Å². The van der Waals surface area contributed by atoms with Gasteiger partial charge in [0, 0.05) is 12.2 Å². The van der Waals surface area contributed by atoms with Crippen molar-refractivity contribution in [3.63, 3.8) is 0 Å². The number of aliphatic hydroxyl groups is 1. The van der Waals surface area contributed by atoms with Crippen molar-refractivity contribution in [2.75, 3.05) is 0 Å². The predicted octanol–water partition coefficient (Wildman–Crippen LogP) is 1.55. The maximum Gasteiger partial charge on any atom is 0.111 e. The van der Waals surface area contributed by atoms with E-state index in [9.17, 15) is 5.11 Å². The normalized spacial score (nSPS) is 13.2. The Hall–Kier alpha value is -1.69. The molecule has 1 N–H and O–H groups in total. The van der Waals surface area contributed by atoms with E-state index in [4.69, 9.17) is 0 Å². The summed E-state index contributed by atoms with van der Waals surface area (Å²) in [5, 5.41) is 22.0. The molecule has 0 radical (unpaired) electrons. The standard InChI is InChI=1S/C12H19N5O/c1-4-12(18)11-8-16(15-13-11)7-10-5-6-17(14-10)9(2)3/h5-6,8-9,12,18H,4,7H2,1-3H3. The van der Waals surface area contributed by atoms with Gasteiger partial charge in [0.1, 0.15) is 5.69 Å². The molecule has 98 valence electrons. The zero-order valence-electron chi connectivity index (χ0n) is 11.0. The Balaban J connectivity index is 2.06. The maximum absolute atomic E-state index is 9.65. The number of nitrogens with zero attached hydrogens (tertiary/aromatic N) is 5. The molecule has 0 aliphatic rings. The lowest BCUT2D eigenvalue weighted by atomic mass is 10.2. The van der Waals surface area contributed by atoms with Crippen LogP contribution in [0.4, 0.5) is 0 Å². The molecule has 0 saturated carbocycles. The van der Waals surface area contributed by atoms with Crippen molar-refractivity contribution >= 4 is 0 Å². The van der Waals surface area contributed by atoms with Gasteiger partial charge in [-0.1, -0.05) is 12.1 Å². The molecule has 1 atom stereocenters. The summed E-state index contributed by atoms with van der Waals surface area (Å²) in [6.07, 6.45) is 3.83. The van der Waals surface area contributed by atoms with Gasteiger partial charge < -0.3 is 5.11 Å². The van der Waals surface area contributed by atoms with Gasteiger partial charge in [-0.25, -0.2) is 4.68 Å². The molecule has 2 aromatic heterocycles. The van der Waals surface area contributed by atoms with Crippen molar-refractivity contribution in [1.29, 1.82) is 0 Å². The molecular weight excluding hydrogens is 230 g/mol. The van der Waals surface area contributed by atoms with Crippen molar-refractivity contribution in [3.8, 4) is 0 Å². The number of hydrogen-bond acceptors (Lipinski definition) is 4. The van der Waals surface area contributed by atoms with Crippen LogP contribution in [0.15, 0.2) is 18.5 Å². The lowest BCUT2D eigenvalue weighted by molar-refractivity contribution is 0.168. The van der Waals surface area contributed by atoms with Crippen LogP contribution in [0.25, 0.3) is 0 Å². The summed E-state index contributed by atoms with van der Waals surface area (Å²) in [7, 11) is 0. The average molecular weight is 249 g/mol. The molecule has 2 rings (SSSR count). The fourth-order valence-corrected chi connectivity index (χ4v) is 1.67. The Bertz CT molecular complexity index is 502. The van der Waals surface area contributed by atoms with Gasteiger partial charge in [0.05, 0.1) is 24.5 Å². The van der Waals surface area contributed by atoms with Gasteiger partial charge in [-0.3, -0.25) is 4.68 Å². The number of rotatable bonds is 5. The molecule has 0 bridgehead atoms. The molecular formula is C12H19N5O. The van der Waals surface area contributed by atoms with Crippen LogP contribution in [-0.2, 0) is 6.54 Å². The summed E-state index contributed by atoms with van der Waals surface area (Å²) in [5.74, 6) is 0. The largest absolute Gasteiger partial charge is 0.387 e. The van der Waals surface area contributed by atoms with Gasteiger partial charge in [0.15, 0.2) is 0 Å². The lowest BCUT2D eigenvalue weighted by Gasteiger charge is -2.03. The minimum Gasteiger partial charge on any atom is -0.387 e. The van der Waals surface area contributed by atoms with Gasteiger partial charge in [0.25, 0.3) is 0 Å². The van der Waals surface area contributed by atoms with E-state index in [0.29, 0.717) is 24.7 Å². The molecule has 6 nitrogen and oxygen atoms in total. The second-order valence-electron chi connectivity index (χ2n) is 4.65. The van der Waals surface area contributed by atoms with Crippen molar-refractivity contribution < 1.29 is 5.11 Å². The Kier molecular flexibility index (Phi) is 3.76. The Morgan fingerprint density at radius 2 is 2.17 bits per heavy atom. The summed E-state index contributed by atoms with van der Waals surface area (Å²) < 4.78 is 3.61. The highest BCUT2D eigenvalue weighted by molar-refractivity contribution is 5.02. The van der Waals surface area contributed by atoms with Gasteiger partial charge in [-0.15, -0.1) is 5.10 Å². The van der Waals surface area contributed by atoms with E-state index >= 15 is 0 Å². The Morgan fingerprint density at radius 3 is 2.78 bits per heavy atom. The van der Waals surface area contributed by atoms with Crippen LogP contribution in [0, 0.1) is 0 Å². The van der Waals surface area contributed by atoms with Crippen LogP contribution in [0.5, 0.6) is 0 Å². The van der Waals surface area contributed by atoms with E-state index in [1.54, 1.807) is 10.9 Å². The molecule has 0 spiro atoms. The summed E-state index contributed by atoms with van der Waals surface area (Å²) in [6, 6.07) is 2.32. The van der Waals surface area contributed by atoms with E-state index in [2.05, 4.69) is 29.3 Å². The molecule has 0 amide bonds. The molecule has 1 unspecified atom stereocenters. The number of hydrogen-bond donors (Lipinski definition) is 1. The first kappa shape index (κ1) is 12.8. The predicted molar refractivity (Wildman–Crippen MR) is 67.0 cm³/mol. The minimum absolute atomic E-state index is 0.354. The third-order valence-corrected chi connectivity index (χ3v) is 2.80. The van der Waals surface area contributed by atoms with Crippen LogP contribution in [0.3, 0.4) is 0 Å². The lowest BCUT2D eigenvalue weighted by Crippen LogP contribution is -2.05. The SMILES string of the molecule is CCC(O)c1cn(Cc2ccn(C(C)C)n2)nn1. The number of aromatic nitrogens is 5. The van der Waals surface area contributed by atoms with Gasteiger partial charge in [-0.05, 0) is 26.3 Å². The zero-order chi connectivity index (χ0) is 13.1. The van der Waals surface area contributed by atoms with E-state index < -0.39 is 6.10 Å². The Morgan fingerprint density at radius 1 is 1.39 bits per heavy atom. The van der Waals surface area contributed by atoms with Crippen LogP contribution in [0.1, 0.15) is 50.7 Å².